The van der Waals surface area contributed by atoms with Gasteiger partial charge in [0.1, 0.15) is 6.33 Å². The van der Waals surface area contributed by atoms with Gasteiger partial charge in [0, 0.05) is 43.3 Å². The van der Waals surface area contributed by atoms with Crippen LogP contribution < -0.4 is 5.32 Å². The van der Waals surface area contributed by atoms with Gasteiger partial charge in [0.15, 0.2) is 5.16 Å². The summed E-state index contributed by atoms with van der Waals surface area (Å²) in [6.45, 7) is 5.46. The molecule has 0 fully saturated rings. The van der Waals surface area contributed by atoms with Crippen LogP contribution in [0, 0.1) is 0 Å². The monoisotopic (exact) mass is 399 g/mol. The molecule has 0 spiro atoms. The molecule has 2 heterocycles. The fourth-order valence-corrected chi connectivity index (χ4v) is 3.61. The quantitative estimate of drug-likeness (QED) is 0.615. The van der Waals surface area contributed by atoms with Gasteiger partial charge < -0.3 is 14.8 Å². The highest BCUT2D eigenvalue weighted by Crippen LogP contribution is 2.34. The van der Waals surface area contributed by atoms with Crippen molar-refractivity contribution in [3.63, 3.8) is 0 Å². The van der Waals surface area contributed by atoms with Crippen molar-refractivity contribution in [2.75, 3.05) is 12.4 Å². The van der Waals surface area contributed by atoms with Gasteiger partial charge in [-0.2, -0.15) is 5.10 Å². The van der Waals surface area contributed by atoms with Gasteiger partial charge >= 0.3 is 6.03 Å². The number of nitrogens with one attached hydrogen (secondary N) is 1. The van der Waals surface area contributed by atoms with Gasteiger partial charge in [-0.3, -0.25) is 4.68 Å². The van der Waals surface area contributed by atoms with Crippen LogP contribution in [0.15, 0.2) is 48.1 Å². The zero-order chi connectivity index (χ0) is 20.1. The van der Waals surface area contributed by atoms with E-state index in [9.17, 15) is 4.79 Å². The number of amides is 2. The van der Waals surface area contributed by atoms with Crippen molar-refractivity contribution in [1.82, 2.24) is 29.4 Å². The molecular weight excluding hydrogens is 374 g/mol. The maximum absolute atomic E-state index is 12.5. The van der Waals surface area contributed by atoms with Crippen molar-refractivity contribution in [3.8, 4) is 0 Å². The van der Waals surface area contributed by atoms with E-state index < -0.39 is 0 Å². The molecule has 1 atom stereocenters. The first-order valence-corrected chi connectivity index (χ1v) is 9.98. The van der Waals surface area contributed by atoms with E-state index in [0.29, 0.717) is 6.54 Å². The molecule has 2 aromatic heterocycles. The number of hydrogen-bond acceptors (Lipinski definition) is 5. The van der Waals surface area contributed by atoms with E-state index in [1.54, 1.807) is 36.2 Å². The average Bonchev–Trinajstić information content (AvgIpc) is 3.30. The number of urea groups is 1. The second-order valence-corrected chi connectivity index (χ2v) is 7.91. The maximum atomic E-state index is 12.5. The van der Waals surface area contributed by atoms with Gasteiger partial charge in [-0.15, -0.1) is 10.2 Å². The molecule has 0 saturated heterocycles. The van der Waals surface area contributed by atoms with Crippen LogP contribution in [0.4, 0.5) is 10.5 Å². The highest BCUT2D eigenvalue weighted by molar-refractivity contribution is 7.99. The van der Waals surface area contributed by atoms with Gasteiger partial charge in [0.25, 0.3) is 0 Å². The molecule has 3 rings (SSSR count). The number of aryl methyl sites for hydroxylation is 2. The number of hydrogen-bond donors (Lipinski definition) is 1. The summed E-state index contributed by atoms with van der Waals surface area (Å²) in [4.78, 5) is 14.2. The summed E-state index contributed by atoms with van der Waals surface area (Å²) in [5, 5.41) is 16.3. The first-order chi connectivity index (χ1) is 13.5. The summed E-state index contributed by atoms with van der Waals surface area (Å²) in [5.41, 5.74) is 2.88. The smallest absolute Gasteiger partial charge is 0.321 e. The summed E-state index contributed by atoms with van der Waals surface area (Å²) < 4.78 is 3.74. The lowest BCUT2D eigenvalue weighted by molar-refractivity contribution is 0.220. The number of rotatable bonds is 7. The molecule has 1 aromatic carbocycles. The number of benzene rings is 1. The summed E-state index contributed by atoms with van der Waals surface area (Å²) in [7, 11) is 3.70. The topological polar surface area (TPSA) is 80.9 Å². The lowest BCUT2D eigenvalue weighted by atomic mass is 10.1. The molecule has 1 N–H and O–H groups in total. The zero-order valence-corrected chi connectivity index (χ0v) is 17.3. The van der Waals surface area contributed by atoms with E-state index in [1.165, 1.54) is 0 Å². The molecule has 0 aliphatic rings. The normalized spacial score (nSPS) is 12.0. The minimum atomic E-state index is -0.157. The molecule has 1 unspecified atom stereocenters. The molecule has 0 radical (unpaired) electrons. The van der Waals surface area contributed by atoms with Crippen LogP contribution in [-0.4, -0.2) is 42.5 Å². The molecule has 0 aliphatic carbocycles. The second kappa shape index (κ2) is 8.92. The Bertz CT molecular complexity index is 936. The Balaban J connectivity index is 1.61. The highest BCUT2D eigenvalue weighted by Gasteiger charge is 2.14. The van der Waals surface area contributed by atoms with Crippen LogP contribution in [0.25, 0.3) is 0 Å². The van der Waals surface area contributed by atoms with E-state index in [0.717, 1.165) is 28.5 Å². The van der Waals surface area contributed by atoms with E-state index in [4.69, 9.17) is 0 Å². The van der Waals surface area contributed by atoms with Gasteiger partial charge in [-0.1, -0.05) is 23.9 Å². The fourth-order valence-electron chi connectivity index (χ4n) is 2.70. The predicted octanol–water partition coefficient (Wildman–Crippen LogP) is 3.55. The number of thioether (sulfide) groups is 1. The van der Waals surface area contributed by atoms with Crippen molar-refractivity contribution in [2.45, 2.75) is 37.3 Å². The van der Waals surface area contributed by atoms with E-state index >= 15 is 0 Å². The van der Waals surface area contributed by atoms with Gasteiger partial charge in [0.05, 0.1) is 12.7 Å². The summed E-state index contributed by atoms with van der Waals surface area (Å²) in [5.74, 6) is 0. The van der Waals surface area contributed by atoms with Gasteiger partial charge in [0.2, 0.25) is 0 Å². The van der Waals surface area contributed by atoms with Crippen LogP contribution in [0.3, 0.4) is 0 Å². The lowest BCUT2D eigenvalue weighted by Gasteiger charge is -2.18. The summed E-state index contributed by atoms with van der Waals surface area (Å²) in [6, 6.07) is 7.73. The standard InChI is InChI=1S/C19H25N7OS/c1-5-26-12-15(10-21-26)11-24(3)18(27)22-17-8-6-7-16(9-17)14(2)28-19-23-20-13-25(19)4/h6-10,12-14H,5,11H2,1-4H3,(H,22,27). The first-order valence-electron chi connectivity index (χ1n) is 9.10. The fraction of sp³-hybridized carbons (Fsp3) is 0.368. The molecule has 0 aliphatic heterocycles. The van der Waals surface area contributed by atoms with Crippen LogP contribution >= 0.6 is 11.8 Å². The molecular formula is C19H25N7OS. The minimum Gasteiger partial charge on any atom is -0.323 e. The van der Waals surface area contributed by atoms with Crippen molar-refractivity contribution < 1.29 is 4.79 Å². The Morgan fingerprint density at radius 1 is 1.39 bits per heavy atom. The average molecular weight is 400 g/mol. The Kier molecular flexibility index (Phi) is 6.35. The maximum Gasteiger partial charge on any atom is 0.321 e. The van der Waals surface area contributed by atoms with Gasteiger partial charge in [-0.05, 0) is 31.5 Å². The third-order valence-corrected chi connectivity index (χ3v) is 5.54. The second-order valence-electron chi connectivity index (χ2n) is 6.60. The predicted molar refractivity (Wildman–Crippen MR) is 110 cm³/mol. The molecule has 0 bridgehead atoms. The van der Waals surface area contributed by atoms with Crippen molar-refractivity contribution in [2.24, 2.45) is 7.05 Å². The zero-order valence-electron chi connectivity index (χ0n) is 16.5. The van der Waals surface area contributed by atoms with Crippen LogP contribution in [-0.2, 0) is 20.1 Å². The Labute approximate surface area is 168 Å². The van der Waals surface area contributed by atoms with Crippen molar-refractivity contribution >= 4 is 23.5 Å². The largest absolute Gasteiger partial charge is 0.323 e. The van der Waals surface area contributed by atoms with Crippen molar-refractivity contribution in [3.05, 3.63) is 54.1 Å². The molecule has 3 aromatic rings. The highest BCUT2D eigenvalue weighted by atomic mass is 32.2. The Morgan fingerprint density at radius 2 is 2.21 bits per heavy atom. The number of nitrogens with zero attached hydrogens (tertiary/aromatic N) is 6. The third kappa shape index (κ3) is 4.92. The Hall–Kier alpha value is -2.81. The van der Waals surface area contributed by atoms with E-state index in [-0.39, 0.29) is 11.3 Å². The number of carbonyl (C=O) groups is 1. The van der Waals surface area contributed by atoms with Crippen LogP contribution in [0.2, 0.25) is 0 Å². The number of carbonyl (C=O) groups excluding carboxylic acids is 1. The third-order valence-electron chi connectivity index (χ3n) is 4.34. The van der Waals surface area contributed by atoms with Crippen LogP contribution in [0.5, 0.6) is 0 Å². The summed E-state index contributed by atoms with van der Waals surface area (Å²) in [6.07, 6.45) is 5.43. The molecule has 8 nitrogen and oxygen atoms in total. The molecule has 148 valence electrons. The van der Waals surface area contributed by atoms with Crippen molar-refractivity contribution in [1.29, 1.82) is 0 Å². The number of anilines is 1. The molecule has 9 heteroatoms. The van der Waals surface area contributed by atoms with E-state index in [2.05, 4.69) is 27.5 Å². The van der Waals surface area contributed by atoms with Crippen LogP contribution in [0.1, 0.15) is 30.2 Å². The molecule has 2 amide bonds. The first kappa shape index (κ1) is 19.9. The molecule has 0 saturated carbocycles. The lowest BCUT2D eigenvalue weighted by Crippen LogP contribution is -2.30. The Morgan fingerprint density at radius 3 is 2.89 bits per heavy atom. The molecule has 28 heavy (non-hydrogen) atoms. The minimum absolute atomic E-state index is 0.157. The number of aromatic nitrogens is 5. The SMILES string of the molecule is CCn1cc(CN(C)C(=O)Nc2cccc(C(C)Sc3nncn3C)c2)cn1. The summed E-state index contributed by atoms with van der Waals surface area (Å²) >= 11 is 1.63. The van der Waals surface area contributed by atoms with E-state index in [1.807, 2.05) is 53.7 Å². The van der Waals surface area contributed by atoms with Gasteiger partial charge in [-0.25, -0.2) is 4.79 Å².